The molecule has 3 aliphatic rings. The van der Waals surface area contributed by atoms with Crippen molar-refractivity contribution in [1.29, 1.82) is 0 Å². The minimum absolute atomic E-state index is 0.0179. The summed E-state index contributed by atoms with van der Waals surface area (Å²) < 4.78 is 0.843. The van der Waals surface area contributed by atoms with Crippen molar-refractivity contribution in [1.82, 2.24) is 9.80 Å². The Morgan fingerprint density at radius 3 is 2.59 bits per heavy atom. The molecular formula is C19H23BrN4O3. The molecule has 27 heavy (non-hydrogen) atoms. The molecule has 3 aliphatic heterocycles. The van der Waals surface area contributed by atoms with Crippen molar-refractivity contribution in [3.05, 3.63) is 22.7 Å². The molecule has 1 aromatic carbocycles. The van der Waals surface area contributed by atoms with Gasteiger partial charge in [0.05, 0.1) is 17.3 Å². The van der Waals surface area contributed by atoms with Gasteiger partial charge in [-0.25, -0.2) is 4.79 Å². The molecule has 1 aromatic rings. The maximum Gasteiger partial charge on any atom is 0.320 e. The number of nitrogens with one attached hydrogen (secondary N) is 1. The number of amides is 4. The van der Waals surface area contributed by atoms with Gasteiger partial charge >= 0.3 is 6.03 Å². The summed E-state index contributed by atoms with van der Waals surface area (Å²) >= 11 is 3.40. The van der Waals surface area contributed by atoms with Crippen LogP contribution in [-0.2, 0) is 9.59 Å². The van der Waals surface area contributed by atoms with Crippen molar-refractivity contribution in [3.8, 4) is 0 Å². The molecule has 2 saturated heterocycles. The zero-order chi connectivity index (χ0) is 19.0. The van der Waals surface area contributed by atoms with Crippen LogP contribution in [0.5, 0.6) is 0 Å². The predicted molar refractivity (Wildman–Crippen MR) is 106 cm³/mol. The first-order chi connectivity index (χ1) is 13.0. The maximum atomic E-state index is 13.2. The fraction of sp³-hybridized carbons (Fsp3) is 0.526. The summed E-state index contributed by atoms with van der Waals surface area (Å²) in [5.74, 6) is -0.546. The number of rotatable bonds is 1. The van der Waals surface area contributed by atoms with Gasteiger partial charge in [0.15, 0.2) is 0 Å². The van der Waals surface area contributed by atoms with Crippen molar-refractivity contribution in [2.24, 2.45) is 5.92 Å². The molecule has 1 atom stereocenters. The van der Waals surface area contributed by atoms with Crippen LogP contribution in [0.2, 0.25) is 0 Å². The van der Waals surface area contributed by atoms with Crippen LogP contribution in [0.4, 0.5) is 16.2 Å². The van der Waals surface area contributed by atoms with E-state index in [9.17, 15) is 14.4 Å². The highest BCUT2D eigenvalue weighted by molar-refractivity contribution is 9.10. The Morgan fingerprint density at radius 1 is 1.07 bits per heavy atom. The third-order valence-corrected chi connectivity index (χ3v) is 6.00. The minimum Gasteiger partial charge on any atom is -0.325 e. The number of benzene rings is 1. The number of urea groups is 1. The number of hydrogen-bond donors (Lipinski definition) is 1. The molecule has 4 rings (SSSR count). The highest BCUT2D eigenvalue weighted by Crippen LogP contribution is 2.34. The van der Waals surface area contributed by atoms with Crippen LogP contribution in [0, 0.1) is 5.92 Å². The van der Waals surface area contributed by atoms with Gasteiger partial charge < -0.3 is 20.0 Å². The molecule has 0 radical (unpaired) electrons. The van der Waals surface area contributed by atoms with Gasteiger partial charge in [-0.1, -0.05) is 15.9 Å². The van der Waals surface area contributed by atoms with Gasteiger partial charge in [0.2, 0.25) is 11.8 Å². The van der Waals surface area contributed by atoms with Gasteiger partial charge in [0, 0.05) is 30.7 Å². The Hall–Kier alpha value is -2.09. The lowest BCUT2D eigenvalue weighted by molar-refractivity contribution is -0.125. The second-order valence-corrected chi connectivity index (χ2v) is 8.31. The largest absolute Gasteiger partial charge is 0.325 e. The van der Waals surface area contributed by atoms with Crippen LogP contribution in [0.3, 0.4) is 0 Å². The molecule has 0 aromatic heterocycles. The summed E-state index contributed by atoms with van der Waals surface area (Å²) in [7, 11) is 0. The molecule has 3 heterocycles. The van der Waals surface area contributed by atoms with E-state index >= 15 is 0 Å². The summed E-state index contributed by atoms with van der Waals surface area (Å²) in [6.45, 7) is 2.76. The molecule has 2 fully saturated rings. The van der Waals surface area contributed by atoms with Crippen LogP contribution >= 0.6 is 15.9 Å². The second-order valence-electron chi connectivity index (χ2n) is 7.40. The number of carbonyl (C=O) groups excluding carboxylic acids is 3. The third kappa shape index (κ3) is 3.67. The topological polar surface area (TPSA) is 73.0 Å². The molecule has 1 N–H and O–H groups in total. The summed E-state index contributed by atoms with van der Waals surface area (Å²) in [5.41, 5.74) is 1.35. The highest BCUT2D eigenvalue weighted by Gasteiger charge is 2.36. The Balaban J connectivity index is 1.51. The maximum absolute atomic E-state index is 13.2. The smallest absolute Gasteiger partial charge is 0.320 e. The monoisotopic (exact) mass is 434 g/mol. The molecule has 1 unspecified atom stereocenters. The van der Waals surface area contributed by atoms with Crippen LogP contribution in [0.15, 0.2) is 22.7 Å². The van der Waals surface area contributed by atoms with Crippen molar-refractivity contribution < 1.29 is 14.4 Å². The molecular weight excluding hydrogens is 412 g/mol. The fourth-order valence-electron chi connectivity index (χ4n) is 4.14. The van der Waals surface area contributed by atoms with E-state index in [4.69, 9.17) is 0 Å². The van der Waals surface area contributed by atoms with Gasteiger partial charge in [-0.3, -0.25) is 9.59 Å². The quantitative estimate of drug-likeness (QED) is 0.738. The van der Waals surface area contributed by atoms with Crippen molar-refractivity contribution >= 4 is 45.2 Å². The number of fused-ring (bicyclic) bond motifs is 1. The van der Waals surface area contributed by atoms with Crippen molar-refractivity contribution in [2.45, 2.75) is 25.7 Å². The van der Waals surface area contributed by atoms with E-state index in [-0.39, 0.29) is 30.3 Å². The lowest BCUT2D eigenvalue weighted by atomic mass is 9.96. The first kappa shape index (κ1) is 18.3. The third-order valence-electron chi connectivity index (χ3n) is 5.51. The number of halogens is 1. The minimum atomic E-state index is -0.271. The van der Waals surface area contributed by atoms with Crippen LogP contribution in [0.1, 0.15) is 25.7 Å². The van der Waals surface area contributed by atoms with E-state index in [1.807, 2.05) is 21.9 Å². The lowest BCUT2D eigenvalue weighted by Crippen LogP contribution is -2.52. The fourth-order valence-corrected chi connectivity index (χ4v) is 4.50. The molecule has 0 spiro atoms. The van der Waals surface area contributed by atoms with E-state index in [2.05, 4.69) is 21.2 Å². The molecule has 8 heteroatoms. The van der Waals surface area contributed by atoms with Crippen LogP contribution in [-0.4, -0.2) is 60.4 Å². The molecule has 0 bridgehead atoms. The van der Waals surface area contributed by atoms with Crippen molar-refractivity contribution in [2.75, 3.05) is 42.9 Å². The Bertz CT molecular complexity index is 778. The number of nitrogens with zero attached hydrogens (tertiary/aromatic N) is 3. The van der Waals surface area contributed by atoms with Gasteiger partial charge in [-0.2, -0.15) is 0 Å². The summed E-state index contributed by atoms with van der Waals surface area (Å²) in [5, 5.41) is 2.82. The van der Waals surface area contributed by atoms with Gasteiger partial charge in [-0.05, 0) is 43.9 Å². The number of hydrogen-bond acceptors (Lipinski definition) is 3. The normalized spacial score (nSPS) is 22.5. The SMILES string of the molecule is O=C1CN(C(=O)C2CCCN(C(=O)N3CCCC3)C2)c2ccc(Br)cc2N1. The van der Waals surface area contributed by atoms with Gasteiger partial charge in [0.1, 0.15) is 6.54 Å². The van der Waals surface area contributed by atoms with Gasteiger partial charge in [0.25, 0.3) is 0 Å². The van der Waals surface area contributed by atoms with E-state index in [1.165, 1.54) is 0 Å². The predicted octanol–water partition coefficient (Wildman–Crippen LogP) is 2.66. The molecule has 4 amide bonds. The lowest BCUT2D eigenvalue weighted by Gasteiger charge is -2.37. The van der Waals surface area contributed by atoms with Gasteiger partial charge in [-0.15, -0.1) is 0 Å². The average Bonchev–Trinajstić information content (AvgIpc) is 3.20. The first-order valence-corrected chi connectivity index (χ1v) is 10.3. The molecule has 7 nitrogen and oxygen atoms in total. The zero-order valence-electron chi connectivity index (χ0n) is 15.1. The first-order valence-electron chi connectivity index (χ1n) is 9.47. The molecule has 0 saturated carbocycles. The van der Waals surface area contributed by atoms with E-state index < -0.39 is 0 Å². The number of piperidine rings is 1. The number of anilines is 2. The van der Waals surface area contributed by atoms with E-state index in [0.717, 1.165) is 43.2 Å². The number of carbonyl (C=O) groups is 3. The van der Waals surface area contributed by atoms with Crippen LogP contribution < -0.4 is 10.2 Å². The summed E-state index contributed by atoms with van der Waals surface area (Å²) in [6.07, 6.45) is 3.66. The van der Waals surface area contributed by atoms with E-state index in [1.54, 1.807) is 11.0 Å². The summed E-state index contributed by atoms with van der Waals surface area (Å²) in [6, 6.07) is 5.55. The average molecular weight is 435 g/mol. The highest BCUT2D eigenvalue weighted by atomic mass is 79.9. The van der Waals surface area contributed by atoms with Crippen molar-refractivity contribution in [3.63, 3.8) is 0 Å². The Labute approximate surface area is 166 Å². The molecule has 144 valence electrons. The Morgan fingerprint density at radius 2 is 1.81 bits per heavy atom. The standard InChI is InChI=1S/C19H23BrN4O3/c20-14-5-6-16-15(10-14)21-17(25)12-24(16)18(26)13-4-3-9-23(11-13)19(27)22-7-1-2-8-22/h5-6,10,13H,1-4,7-9,11-12H2,(H,21,25). The molecule has 0 aliphatic carbocycles. The summed E-state index contributed by atoms with van der Waals surface area (Å²) in [4.78, 5) is 43.3. The second kappa shape index (κ2) is 7.50. The van der Waals surface area contributed by atoms with Crippen LogP contribution in [0.25, 0.3) is 0 Å². The Kier molecular flexibility index (Phi) is 5.08. The van der Waals surface area contributed by atoms with E-state index in [0.29, 0.717) is 24.5 Å². The number of likely N-dealkylation sites (tertiary alicyclic amines) is 2. The zero-order valence-corrected chi connectivity index (χ0v) is 16.7.